The van der Waals surface area contributed by atoms with E-state index in [1.807, 2.05) is 6.92 Å². The van der Waals surface area contributed by atoms with Crippen LogP contribution in [-0.2, 0) is 0 Å². The highest BCUT2D eigenvalue weighted by atomic mass is 16.3. The van der Waals surface area contributed by atoms with Crippen molar-refractivity contribution in [1.82, 2.24) is 0 Å². The van der Waals surface area contributed by atoms with Gasteiger partial charge >= 0.3 is 0 Å². The van der Waals surface area contributed by atoms with Crippen LogP contribution >= 0.6 is 0 Å². The molecule has 3 rings (SSSR count). The van der Waals surface area contributed by atoms with E-state index in [2.05, 4.69) is 32.9 Å². The molecule has 3 aliphatic rings. The Labute approximate surface area is 128 Å². The van der Waals surface area contributed by atoms with Crippen molar-refractivity contribution in [2.24, 2.45) is 17.3 Å². The zero-order chi connectivity index (χ0) is 15.4. The summed E-state index contributed by atoms with van der Waals surface area (Å²) < 4.78 is 0. The first-order valence-corrected chi connectivity index (χ1v) is 8.27. The first-order valence-electron chi connectivity index (χ1n) is 8.27. The lowest BCUT2D eigenvalue weighted by Gasteiger charge is -2.16. The molecular weight excluding hydrogens is 260 g/mol. The summed E-state index contributed by atoms with van der Waals surface area (Å²) in [6, 6.07) is 0. The van der Waals surface area contributed by atoms with Gasteiger partial charge in [0.05, 0.1) is 12.2 Å². The summed E-state index contributed by atoms with van der Waals surface area (Å²) in [6.07, 6.45) is 7.59. The quantitative estimate of drug-likeness (QED) is 0.666. The number of aliphatic hydroxyl groups excluding tert-OH is 2. The molecule has 0 aromatic heterocycles. The van der Waals surface area contributed by atoms with Crippen molar-refractivity contribution in [2.45, 2.75) is 65.6 Å². The molecule has 2 nitrogen and oxygen atoms in total. The van der Waals surface area contributed by atoms with Crippen LogP contribution in [0.1, 0.15) is 53.4 Å². The van der Waals surface area contributed by atoms with Crippen molar-refractivity contribution >= 4 is 0 Å². The molecule has 0 spiro atoms. The zero-order valence-electron chi connectivity index (χ0n) is 13.7. The van der Waals surface area contributed by atoms with Crippen LogP contribution in [0.25, 0.3) is 0 Å². The van der Waals surface area contributed by atoms with Gasteiger partial charge in [0.15, 0.2) is 0 Å². The molecule has 3 aliphatic carbocycles. The van der Waals surface area contributed by atoms with Gasteiger partial charge in [-0.3, -0.25) is 0 Å². The van der Waals surface area contributed by atoms with Crippen molar-refractivity contribution in [3.05, 3.63) is 34.4 Å². The van der Waals surface area contributed by atoms with Gasteiger partial charge in [0, 0.05) is 0 Å². The highest BCUT2D eigenvalue weighted by molar-refractivity contribution is 5.39. The lowest BCUT2D eigenvalue weighted by atomic mass is 9.95. The first kappa shape index (κ1) is 15.1. The number of hydrogen-bond donors (Lipinski definition) is 2. The summed E-state index contributed by atoms with van der Waals surface area (Å²) >= 11 is 0. The molecule has 0 aliphatic heterocycles. The largest absolute Gasteiger partial charge is 0.389 e. The van der Waals surface area contributed by atoms with Gasteiger partial charge in [-0.25, -0.2) is 0 Å². The van der Waals surface area contributed by atoms with E-state index in [0.29, 0.717) is 11.8 Å². The maximum atomic E-state index is 10.7. The highest BCUT2D eigenvalue weighted by Crippen LogP contribution is 2.62. The molecule has 1 saturated carbocycles. The average Bonchev–Trinajstić information content (AvgIpc) is 2.80. The van der Waals surface area contributed by atoms with Crippen LogP contribution < -0.4 is 0 Å². The Hall–Kier alpha value is -0.860. The van der Waals surface area contributed by atoms with E-state index >= 15 is 0 Å². The molecule has 0 heterocycles. The van der Waals surface area contributed by atoms with Gasteiger partial charge in [-0.2, -0.15) is 0 Å². The zero-order valence-corrected chi connectivity index (χ0v) is 13.7. The Kier molecular flexibility index (Phi) is 3.66. The summed E-state index contributed by atoms with van der Waals surface area (Å²) in [5.41, 5.74) is 4.81. The van der Waals surface area contributed by atoms with Gasteiger partial charge in [0.2, 0.25) is 0 Å². The predicted octanol–water partition coefficient (Wildman–Crippen LogP) is 3.76. The van der Waals surface area contributed by atoms with Crippen molar-refractivity contribution < 1.29 is 10.2 Å². The second-order valence-electron chi connectivity index (χ2n) is 7.81. The Balaban J connectivity index is 2.02. The SMILES string of the molecule is C/C1=C\C2=C(CCC2)[C@H](O)/C(C)=C/[C@@H]2[C@H](CC1O)C2(C)C. The molecule has 21 heavy (non-hydrogen) atoms. The maximum Gasteiger partial charge on any atom is 0.0964 e. The normalized spacial score (nSPS) is 43.9. The topological polar surface area (TPSA) is 40.5 Å². The summed E-state index contributed by atoms with van der Waals surface area (Å²) in [4.78, 5) is 0. The van der Waals surface area contributed by atoms with Crippen LogP contribution in [0.3, 0.4) is 0 Å². The number of allylic oxidation sites excluding steroid dienone is 3. The van der Waals surface area contributed by atoms with Crippen LogP contribution in [-0.4, -0.2) is 22.4 Å². The van der Waals surface area contributed by atoms with E-state index < -0.39 is 6.10 Å². The second kappa shape index (κ2) is 5.10. The van der Waals surface area contributed by atoms with E-state index in [-0.39, 0.29) is 11.5 Å². The second-order valence-corrected chi connectivity index (χ2v) is 7.81. The highest BCUT2D eigenvalue weighted by Gasteiger charge is 2.56. The molecular formula is C19H28O2. The van der Waals surface area contributed by atoms with Crippen molar-refractivity contribution in [3.63, 3.8) is 0 Å². The van der Waals surface area contributed by atoms with Crippen LogP contribution in [0.15, 0.2) is 34.4 Å². The molecule has 0 bridgehead atoms. The third-order valence-electron chi connectivity index (χ3n) is 6.05. The molecule has 116 valence electrons. The molecule has 1 fully saturated rings. The predicted molar refractivity (Wildman–Crippen MR) is 85.8 cm³/mol. The fourth-order valence-corrected chi connectivity index (χ4v) is 4.28. The van der Waals surface area contributed by atoms with E-state index in [1.54, 1.807) is 0 Å². The van der Waals surface area contributed by atoms with Crippen molar-refractivity contribution in [2.75, 3.05) is 0 Å². The van der Waals surface area contributed by atoms with Crippen LogP contribution in [0.2, 0.25) is 0 Å². The molecule has 0 saturated heterocycles. The maximum absolute atomic E-state index is 10.7. The van der Waals surface area contributed by atoms with Gasteiger partial charge in [-0.05, 0) is 79.1 Å². The monoisotopic (exact) mass is 288 g/mol. The summed E-state index contributed by atoms with van der Waals surface area (Å²) in [5, 5.41) is 21.2. The first-order chi connectivity index (χ1) is 9.82. The number of fused-ring (bicyclic) bond motifs is 1. The smallest absolute Gasteiger partial charge is 0.0964 e. The van der Waals surface area contributed by atoms with Gasteiger partial charge < -0.3 is 10.2 Å². The number of rotatable bonds is 0. The number of hydrogen-bond acceptors (Lipinski definition) is 2. The molecule has 2 N–H and O–H groups in total. The number of aliphatic hydroxyl groups is 2. The van der Waals surface area contributed by atoms with E-state index in [4.69, 9.17) is 0 Å². The minimum Gasteiger partial charge on any atom is -0.389 e. The fraction of sp³-hybridized carbons (Fsp3) is 0.684. The Morgan fingerprint density at radius 1 is 1.10 bits per heavy atom. The third-order valence-corrected chi connectivity index (χ3v) is 6.05. The Bertz CT molecular complexity index is 536. The van der Waals surface area contributed by atoms with Crippen LogP contribution in [0.4, 0.5) is 0 Å². The summed E-state index contributed by atoms with van der Waals surface area (Å²) in [7, 11) is 0. The minimum atomic E-state index is -0.432. The van der Waals surface area contributed by atoms with Gasteiger partial charge in [-0.15, -0.1) is 0 Å². The lowest BCUT2D eigenvalue weighted by Crippen LogP contribution is -2.13. The van der Waals surface area contributed by atoms with E-state index in [1.165, 1.54) is 11.1 Å². The fourth-order valence-electron chi connectivity index (χ4n) is 4.28. The Morgan fingerprint density at radius 3 is 2.52 bits per heavy atom. The Morgan fingerprint density at radius 2 is 1.81 bits per heavy atom. The molecule has 2 heteroatoms. The van der Waals surface area contributed by atoms with Gasteiger partial charge in [-0.1, -0.05) is 26.0 Å². The average molecular weight is 288 g/mol. The van der Waals surface area contributed by atoms with E-state index in [9.17, 15) is 10.2 Å². The molecule has 4 atom stereocenters. The molecule has 1 unspecified atom stereocenters. The van der Waals surface area contributed by atoms with Crippen LogP contribution in [0.5, 0.6) is 0 Å². The van der Waals surface area contributed by atoms with Crippen molar-refractivity contribution in [3.8, 4) is 0 Å². The third kappa shape index (κ3) is 2.53. The molecule has 0 aromatic carbocycles. The van der Waals surface area contributed by atoms with Gasteiger partial charge in [0.1, 0.15) is 0 Å². The van der Waals surface area contributed by atoms with Gasteiger partial charge in [0.25, 0.3) is 0 Å². The lowest BCUT2D eigenvalue weighted by molar-refractivity contribution is 0.186. The summed E-state index contributed by atoms with van der Waals surface area (Å²) in [6.45, 7) is 8.64. The summed E-state index contributed by atoms with van der Waals surface area (Å²) in [5.74, 6) is 1.00. The van der Waals surface area contributed by atoms with E-state index in [0.717, 1.165) is 36.8 Å². The molecule has 0 amide bonds. The standard InChI is InChI=1S/C19H28O2/c1-11-8-13-6-5-7-14(13)18(21)12(2)9-15-16(10-17(11)20)19(15,3)4/h8-9,15-18,20-21H,5-7,10H2,1-4H3/b11-8+,12-9+/t15-,16+,17?,18-/m1/s1. The van der Waals surface area contributed by atoms with Crippen LogP contribution in [0, 0.1) is 17.3 Å². The van der Waals surface area contributed by atoms with Crippen molar-refractivity contribution in [1.29, 1.82) is 0 Å². The molecule has 0 radical (unpaired) electrons. The minimum absolute atomic E-state index is 0.244. The molecule has 0 aromatic rings.